The van der Waals surface area contributed by atoms with Gasteiger partial charge in [-0.15, -0.1) is 10.2 Å². The summed E-state index contributed by atoms with van der Waals surface area (Å²) in [6.45, 7) is 5.14. The molecule has 1 N–H and O–H groups in total. The number of nitrogens with zero attached hydrogens (tertiary/aromatic N) is 5. The molecule has 0 aromatic carbocycles. The van der Waals surface area contributed by atoms with Gasteiger partial charge in [-0.1, -0.05) is 6.92 Å². The molecule has 10 heteroatoms. The number of rotatable bonds is 3. The summed E-state index contributed by atoms with van der Waals surface area (Å²) in [4.78, 5) is 11.1. The Kier molecular flexibility index (Phi) is 3.71. The van der Waals surface area contributed by atoms with Crippen molar-refractivity contribution in [2.24, 2.45) is 0 Å². The topological polar surface area (TPSA) is 77.6 Å². The van der Waals surface area contributed by atoms with Crippen LogP contribution in [0.25, 0.3) is 5.95 Å². The monoisotopic (exact) mass is 302 g/mol. The number of aryl methyl sites for hydroxylation is 3. The zero-order valence-electron chi connectivity index (χ0n) is 11.6. The molecule has 0 aliphatic rings. The number of nitrogens with one attached hydrogen (secondary N) is 1. The van der Waals surface area contributed by atoms with Crippen LogP contribution in [0.1, 0.15) is 24.1 Å². The largest absolute Gasteiger partial charge is 0.472 e. The summed E-state index contributed by atoms with van der Waals surface area (Å²) in [7, 11) is 0. The van der Waals surface area contributed by atoms with Crippen LogP contribution >= 0.6 is 0 Å². The molecule has 114 valence electrons. The lowest BCUT2D eigenvalue weighted by Gasteiger charge is -2.13. The molecule has 0 fully saturated rings. The van der Waals surface area contributed by atoms with Gasteiger partial charge in [0.1, 0.15) is 0 Å². The molecule has 0 aliphatic carbocycles. The molecule has 0 atom stereocenters. The van der Waals surface area contributed by atoms with E-state index >= 15 is 0 Å². The molecule has 2 rings (SSSR count). The van der Waals surface area contributed by atoms with Crippen LogP contribution in [0.3, 0.4) is 0 Å². The average Bonchev–Trinajstić information content (AvgIpc) is 2.91. The van der Waals surface area contributed by atoms with Crippen LogP contribution in [-0.2, 0) is 11.2 Å². The Morgan fingerprint density at radius 2 is 2.00 bits per heavy atom. The van der Waals surface area contributed by atoms with Gasteiger partial charge in [0.25, 0.3) is 5.95 Å². The van der Waals surface area contributed by atoms with Gasteiger partial charge in [-0.05, 0) is 19.9 Å². The van der Waals surface area contributed by atoms with Gasteiger partial charge in [-0.2, -0.15) is 18.3 Å². The van der Waals surface area contributed by atoms with E-state index in [9.17, 15) is 18.0 Å². The molecule has 0 aliphatic heterocycles. The predicted octanol–water partition coefficient (Wildman–Crippen LogP) is 1.28. The highest BCUT2D eigenvalue weighted by Gasteiger charge is 2.39. The first-order valence-corrected chi connectivity index (χ1v) is 6.10. The summed E-state index contributed by atoms with van der Waals surface area (Å²) in [5, 5.41) is 11.7. The Labute approximate surface area is 117 Å². The van der Waals surface area contributed by atoms with E-state index in [-0.39, 0.29) is 11.8 Å². The molecule has 0 radical (unpaired) electrons. The maximum atomic E-state index is 12.4. The predicted molar refractivity (Wildman–Crippen MR) is 66.4 cm³/mol. The normalized spacial score (nSPS) is 11.7. The van der Waals surface area contributed by atoms with Gasteiger partial charge in [-0.3, -0.25) is 10.2 Å². The fraction of sp³-hybridized carbons (Fsp3) is 0.455. The van der Waals surface area contributed by atoms with Crippen molar-refractivity contribution in [3.63, 3.8) is 0 Å². The first kappa shape index (κ1) is 15.0. The lowest BCUT2D eigenvalue weighted by molar-refractivity contribution is -0.168. The number of carbonyl (C=O) groups excluding carboxylic acids is 1. The summed E-state index contributed by atoms with van der Waals surface area (Å²) in [5.74, 6) is -1.91. The van der Waals surface area contributed by atoms with Crippen LogP contribution in [0.4, 0.5) is 13.2 Å². The molecular weight excluding hydrogens is 289 g/mol. The van der Waals surface area contributed by atoms with E-state index in [4.69, 9.17) is 0 Å². The Bertz CT molecular complexity index is 672. The molecule has 7 nitrogen and oxygen atoms in total. The molecule has 0 spiro atoms. The standard InChI is InChI=1S/C11H13F3N6O/c1-4-8-15-16-10(19-7(3)5-6(2)17-19)20(8)18-9(21)11(12,13)14/h5H,4H2,1-3H3,(H,18,21). The fourth-order valence-electron chi connectivity index (χ4n) is 1.78. The van der Waals surface area contributed by atoms with E-state index in [0.717, 1.165) is 4.68 Å². The quantitative estimate of drug-likeness (QED) is 0.926. The summed E-state index contributed by atoms with van der Waals surface area (Å²) in [5.41, 5.74) is 3.08. The third kappa shape index (κ3) is 2.88. The van der Waals surface area contributed by atoms with Crippen LogP contribution < -0.4 is 5.43 Å². The molecular formula is C11H13F3N6O. The van der Waals surface area contributed by atoms with Gasteiger partial charge >= 0.3 is 12.1 Å². The average molecular weight is 302 g/mol. The summed E-state index contributed by atoms with van der Waals surface area (Å²) < 4.78 is 39.4. The lowest BCUT2D eigenvalue weighted by atomic mass is 10.4. The van der Waals surface area contributed by atoms with E-state index in [1.807, 2.05) is 0 Å². The fourth-order valence-corrected chi connectivity index (χ4v) is 1.78. The van der Waals surface area contributed by atoms with Gasteiger partial charge in [-0.25, -0.2) is 9.36 Å². The highest BCUT2D eigenvalue weighted by atomic mass is 19.4. The minimum atomic E-state index is -5.00. The van der Waals surface area contributed by atoms with Crippen molar-refractivity contribution in [1.29, 1.82) is 0 Å². The molecule has 0 saturated heterocycles. The lowest BCUT2D eigenvalue weighted by Crippen LogP contribution is -2.37. The molecule has 2 aromatic rings. The number of aromatic nitrogens is 5. The van der Waals surface area contributed by atoms with Crippen molar-refractivity contribution in [2.75, 3.05) is 5.43 Å². The van der Waals surface area contributed by atoms with E-state index in [0.29, 0.717) is 17.8 Å². The Hall–Kier alpha value is -2.39. The van der Waals surface area contributed by atoms with E-state index in [1.54, 1.807) is 32.3 Å². The van der Waals surface area contributed by atoms with Crippen LogP contribution in [0.5, 0.6) is 0 Å². The molecule has 0 bridgehead atoms. The maximum Gasteiger partial charge on any atom is 0.472 e. The first-order valence-electron chi connectivity index (χ1n) is 6.10. The molecule has 21 heavy (non-hydrogen) atoms. The van der Waals surface area contributed by atoms with Crippen LogP contribution in [0, 0.1) is 13.8 Å². The van der Waals surface area contributed by atoms with Crippen molar-refractivity contribution in [2.45, 2.75) is 33.4 Å². The second kappa shape index (κ2) is 5.19. The van der Waals surface area contributed by atoms with Crippen molar-refractivity contribution in [3.05, 3.63) is 23.3 Å². The van der Waals surface area contributed by atoms with Crippen LogP contribution in [-0.4, -0.2) is 36.7 Å². The van der Waals surface area contributed by atoms with Crippen molar-refractivity contribution >= 4 is 5.91 Å². The van der Waals surface area contributed by atoms with Gasteiger partial charge in [0.15, 0.2) is 5.82 Å². The second-order valence-corrected chi connectivity index (χ2v) is 4.38. The SMILES string of the molecule is CCc1nnc(-n2nc(C)cc2C)n1NC(=O)C(F)(F)F. The van der Waals surface area contributed by atoms with E-state index in [2.05, 4.69) is 15.3 Å². The minimum Gasteiger partial charge on any atom is -0.263 e. The van der Waals surface area contributed by atoms with Gasteiger partial charge in [0.05, 0.1) is 5.69 Å². The zero-order chi connectivity index (χ0) is 15.8. The molecule has 1 amide bonds. The Morgan fingerprint density at radius 3 is 2.48 bits per heavy atom. The van der Waals surface area contributed by atoms with E-state index in [1.165, 1.54) is 4.68 Å². The van der Waals surface area contributed by atoms with Crippen molar-refractivity contribution in [3.8, 4) is 5.95 Å². The Balaban J connectivity index is 2.47. The Morgan fingerprint density at radius 1 is 1.33 bits per heavy atom. The molecule has 2 heterocycles. The van der Waals surface area contributed by atoms with Gasteiger partial charge in [0.2, 0.25) is 0 Å². The van der Waals surface area contributed by atoms with Crippen molar-refractivity contribution in [1.82, 2.24) is 24.7 Å². The van der Waals surface area contributed by atoms with Crippen LogP contribution in [0.2, 0.25) is 0 Å². The molecule has 0 unspecified atom stereocenters. The van der Waals surface area contributed by atoms with Crippen molar-refractivity contribution < 1.29 is 18.0 Å². The van der Waals surface area contributed by atoms with Crippen LogP contribution in [0.15, 0.2) is 6.07 Å². The number of carbonyl (C=O) groups is 1. The minimum absolute atomic E-state index is 0.00458. The third-order valence-corrected chi connectivity index (χ3v) is 2.70. The number of amides is 1. The third-order valence-electron chi connectivity index (χ3n) is 2.70. The number of alkyl halides is 3. The van der Waals surface area contributed by atoms with E-state index < -0.39 is 12.1 Å². The number of hydrogen-bond acceptors (Lipinski definition) is 4. The second-order valence-electron chi connectivity index (χ2n) is 4.38. The highest BCUT2D eigenvalue weighted by molar-refractivity contribution is 5.89. The van der Waals surface area contributed by atoms with Gasteiger partial charge < -0.3 is 0 Å². The number of halogens is 3. The summed E-state index contributed by atoms with van der Waals surface area (Å²) in [6, 6.07) is 1.73. The zero-order valence-corrected chi connectivity index (χ0v) is 11.6. The first-order chi connectivity index (χ1) is 9.74. The number of hydrogen-bond donors (Lipinski definition) is 1. The highest BCUT2D eigenvalue weighted by Crippen LogP contribution is 2.17. The summed E-state index contributed by atoms with van der Waals surface area (Å²) >= 11 is 0. The summed E-state index contributed by atoms with van der Waals surface area (Å²) in [6.07, 6.45) is -4.70. The molecule has 2 aromatic heterocycles. The molecule has 0 saturated carbocycles. The smallest absolute Gasteiger partial charge is 0.263 e. The maximum absolute atomic E-state index is 12.4. The van der Waals surface area contributed by atoms with Gasteiger partial charge in [0, 0.05) is 12.1 Å².